The maximum absolute atomic E-state index is 5.77. The van der Waals surface area contributed by atoms with Crippen molar-refractivity contribution in [2.75, 3.05) is 7.11 Å². The van der Waals surface area contributed by atoms with Crippen molar-refractivity contribution in [2.24, 2.45) is 5.10 Å². The van der Waals surface area contributed by atoms with Gasteiger partial charge in [0.2, 0.25) is 0 Å². The second-order valence-corrected chi connectivity index (χ2v) is 5.45. The van der Waals surface area contributed by atoms with Crippen molar-refractivity contribution in [1.82, 2.24) is 14.9 Å². The molecule has 0 aliphatic carbocycles. The van der Waals surface area contributed by atoms with Gasteiger partial charge in [-0.15, -0.1) is 10.2 Å². The summed E-state index contributed by atoms with van der Waals surface area (Å²) in [5, 5.41) is 11.6. The average Bonchev–Trinajstić information content (AvgIpc) is 2.91. The van der Waals surface area contributed by atoms with Gasteiger partial charge < -0.3 is 9.47 Å². The van der Waals surface area contributed by atoms with E-state index in [2.05, 4.69) is 37.9 Å². The van der Waals surface area contributed by atoms with Crippen LogP contribution in [0, 0.1) is 3.57 Å². The Morgan fingerprint density at radius 3 is 2.60 bits per heavy atom. The summed E-state index contributed by atoms with van der Waals surface area (Å²) in [4.78, 5) is 0. The summed E-state index contributed by atoms with van der Waals surface area (Å²) in [5.41, 5.74) is 0.913. The third kappa shape index (κ3) is 3.69. The number of nitrogens with zero attached hydrogens (tertiary/aromatic N) is 4. The first-order chi connectivity index (χ1) is 9.60. The first-order valence-electron chi connectivity index (χ1n) is 6.03. The van der Waals surface area contributed by atoms with E-state index in [1.165, 1.54) is 17.3 Å². The summed E-state index contributed by atoms with van der Waals surface area (Å²) in [6.45, 7) is 3.97. The number of methoxy groups -OCH3 is 1. The van der Waals surface area contributed by atoms with Crippen LogP contribution < -0.4 is 9.47 Å². The molecule has 1 aromatic carbocycles. The predicted molar refractivity (Wildman–Crippen MR) is 84.5 cm³/mol. The molecule has 0 amide bonds. The summed E-state index contributed by atoms with van der Waals surface area (Å²) >= 11 is 2.22. The molecule has 20 heavy (non-hydrogen) atoms. The van der Waals surface area contributed by atoms with Crippen LogP contribution in [-0.4, -0.2) is 34.3 Å². The normalized spacial score (nSPS) is 11.2. The van der Waals surface area contributed by atoms with Gasteiger partial charge in [-0.1, -0.05) is 0 Å². The van der Waals surface area contributed by atoms with Crippen LogP contribution in [-0.2, 0) is 0 Å². The lowest BCUT2D eigenvalue weighted by Gasteiger charge is -2.15. The lowest BCUT2D eigenvalue weighted by atomic mass is 10.2. The first kappa shape index (κ1) is 14.8. The zero-order chi connectivity index (χ0) is 14.5. The summed E-state index contributed by atoms with van der Waals surface area (Å²) in [7, 11) is 1.62. The van der Waals surface area contributed by atoms with Crippen LogP contribution in [0.5, 0.6) is 11.5 Å². The molecule has 0 saturated carbocycles. The van der Waals surface area contributed by atoms with Gasteiger partial charge in [0.15, 0.2) is 11.5 Å². The van der Waals surface area contributed by atoms with Gasteiger partial charge in [0.05, 0.1) is 23.0 Å². The van der Waals surface area contributed by atoms with E-state index in [0.29, 0.717) is 5.75 Å². The van der Waals surface area contributed by atoms with Gasteiger partial charge >= 0.3 is 0 Å². The minimum absolute atomic E-state index is 0.0916. The highest BCUT2D eigenvalue weighted by Crippen LogP contribution is 2.34. The van der Waals surface area contributed by atoms with E-state index < -0.39 is 0 Å². The highest BCUT2D eigenvalue weighted by atomic mass is 127. The molecule has 0 atom stereocenters. The number of hydrogen-bond acceptors (Lipinski definition) is 5. The van der Waals surface area contributed by atoms with Crippen LogP contribution in [0.4, 0.5) is 0 Å². The molecule has 7 heteroatoms. The van der Waals surface area contributed by atoms with Gasteiger partial charge in [0.1, 0.15) is 12.7 Å². The number of halogens is 1. The van der Waals surface area contributed by atoms with E-state index in [1.807, 2.05) is 26.0 Å². The van der Waals surface area contributed by atoms with Gasteiger partial charge in [-0.3, -0.25) is 0 Å². The van der Waals surface area contributed by atoms with Crippen molar-refractivity contribution in [3.8, 4) is 11.5 Å². The SMILES string of the molecule is COc1cc(C=Nn2cnnc2)cc(I)c1OC(C)C. The summed E-state index contributed by atoms with van der Waals surface area (Å²) in [6, 6.07) is 3.86. The van der Waals surface area contributed by atoms with Crippen molar-refractivity contribution in [3.63, 3.8) is 0 Å². The van der Waals surface area contributed by atoms with Crippen molar-refractivity contribution < 1.29 is 9.47 Å². The Bertz CT molecular complexity index is 597. The largest absolute Gasteiger partial charge is 0.493 e. The summed E-state index contributed by atoms with van der Waals surface area (Å²) in [6.07, 6.45) is 4.85. The molecule has 106 valence electrons. The average molecular weight is 386 g/mol. The van der Waals surface area contributed by atoms with E-state index in [0.717, 1.165) is 14.9 Å². The molecule has 1 heterocycles. The zero-order valence-electron chi connectivity index (χ0n) is 11.4. The maximum Gasteiger partial charge on any atom is 0.174 e. The molecule has 2 aromatic rings. The van der Waals surface area contributed by atoms with E-state index in [1.54, 1.807) is 13.3 Å². The minimum atomic E-state index is 0.0916. The Labute approximate surface area is 130 Å². The zero-order valence-corrected chi connectivity index (χ0v) is 13.6. The van der Waals surface area contributed by atoms with Crippen LogP contribution in [0.3, 0.4) is 0 Å². The molecule has 0 aliphatic heterocycles. The standard InChI is InChI=1S/C13H15IN4O2/c1-9(2)20-13-11(14)4-10(5-12(13)19-3)6-17-18-7-15-16-8-18/h4-9H,1-3H3. The Morgan fingerprint density at radius 1 is 1.30 bits per heavy atom. The second-order valence-electron chi connectivity index (χ2n) is 4.29. The molecular weight excluding hydrogens is 371 g/mol. The third-order valence-electron chi connectivity index (χ3n) is 2.35. The Morgan fingerprint density at radius 2 is 2.00 bits per heavy atom. The number of aromatic nitrogens is 3. The van der Waals surface area contributed by atoms with E-state index >= 15 is 0 Å². The number of hydrogen-bond donors (Lipinski definition) is 0. The lowest BCUT2D eigenvalue weighted by molar-refractivity contribution is 0.228. The van der Waals surface area contributed by atoms with Crippen molar-refractivity contribution in [2.45, 2.75) is 20.0 Å². The molecular formula is C13H15IN4O2. The van der Waals surface area contributed by atoms with Crippen LogP contribution in [0.2, 0.25) is 0 Å². The highest BCUT2D eigenvalue weighted by Gasteiger charge is 2.12. The first-order valence-corrected chi connectivity index (χ1v) is 7.11. The number of ether oxygens (including phenoxy) is 2. The topological polar surface area (TPSA) is 61.5 Å². The molecule has 0 spiro atoms. The maximum atomic E-state index is 5.77. The molecule has 0 unspecified atom stereocenters. The number of benzene rings is 1. The molecule has 0 bridgehead atoms. The van der Waals surface area contributed by atoms with Crippen LogP contribution in [0.1, 0.15) is 19.4 Å². The Balaban J connectivity index is 2.30. The van der Waals surface area contributed by atoms with E-state index in [9.17, 15) is 0 Å². The van der Waals surface area contributed by atoms with Crippen LogP contribution >= 0.6 is 22.6 Å². The van der Waals surface area contributed by atoms with Crippen LogP contribution in [0.25, 0.3) is 0 Å². The fourth-order valence-electron chi connectivity index (χ4n) is 1.55. The van der Waals surface area contributed by atoms with Crippen molar-refractivity contribution in [1.29, 1.82) is 0 Å². The van der Waals surface area contributed by atoms with Crippen molar-refractivity contribution >= 4 is 28.8 Å². The Kier molecular flexibility index (Phi) is 4.94. The smallest absolute Gasteiger partial charge is 0.174 e. The van der Waals surface area contributed by atoms with Gasteiger partial charge in [0, 0.05) is 0 Å². The summed E-state index contributed by atoms with van der Waals surface area (Å²) in [5.74, 6) is 1.44. The Hall–Kier alpha value is -1.64. The van der Waals surface area contributed by atoms with Gasteiger partial charge in [-0.05, 0) is 54.1 Å². The molecule has 0 N–H and O–H groups in total. The molecule has 2 rings (SSSR count). The van der Waals surface area contributed by atoms with Gasteiger partial charge in [0.25, 0.3) is 0 Å². The van der Waals surface area contributed by atoms with Crippen LogP contribution in [0.15, 0.2) is 29.9 Å². The van der Waals surface area contributed by atoms with Crippen molar-refractivity contribution in [3.05, 3.63) is 33.9 Å². The lowest BCUT2D eigenvalue weighted by Crippen LogP contribution is -2.08. The predicted octanol–water partition coefficient (Wildman–Crippen LogP) is 2.56. The number of rotatable bonds is 5. The van der Waals surface area contributed by atoms with E-state index in [4.69, 9.17) is 9.47 Å². The van der Waals surface area contributed by atoms with Gasteiger partial charge in [-0.25, -0.2) is 4.68 Å². The quantitative estimate of drug-likeness (QED) is 0.586. The van der Waals surface area contributed by atoms with Gasteiger partial charge in [-0.2, -0.15) is 5.10 Å². The molecule has 6 nitrogen and oxygen atoms in total. The monoisotopic (exact) mass is 386 g/mol. The third-order valence-corrected chi connectivity index (χ3v) is 3.15. The van der Waals surface area contributed by atoms with E-state index in [-0.39, 0.29) is 6.10 Å². The molecule has 1 aromatic heterocycles. The summed E-state index contributed by atoms with van der Waals surface area (Å²) < 4.78 is 13.7. The molecule has 0 saturated heterocycles. The highest BCUT2D eigenvalue weighted by molar-refractivity contribution is 14.1. The fraction of sp³-hybridized carbons (Fsp3) is 0.308. The second kappa shape index (κ2) is 6.69. The molecule has 0 fully saturated rings. The minimum Gasteiger partial charge on any atom is -0.493 e. The fourth-order valence-corrected chi connectivity index (χ4v) is 2.31. The molecule has 0 aliphatic rings. The molecule has 0 radical (unpaired) electrons.